The van der Waals surface area contributed by atoms with Crippen LogP contribution in [-0.4, -0.2) is 30.2 Å². The van der Waals surface area contributed by atoms with E-state index in [2.05, 4.69) is 10.6 Å². The van der Waals surface area contributed by atoms with Gasteiger partial charge in [0.05, 0.1) is 6.61 Å². The molecule has 104 valence electrons. The van der Waals surface area contributed by atoms with Gasteiger partial charge in [0.2, 0.25) is 0 Å². The zero-order valence-corrected chi connectivity index (χ0v) is 11.4. The molecule has 3 N–H and O–H groups in total. The molecule has 0 spiro atoms. The van der Waals surface area contributed by atoms with Crippen LogP contribution in [0, 0.1) is 5.92 Å². The van der Waals surface area contributed by atoms with E-state index in [0.29, 0.717) is 5.56 Å². The first-order valence-electron chi connectivity index (χ1n) is 6.94. The summed E-state index contributed by atoms with van der Waals surface area (Å²) in [5, 5.41) is 15.0. The van der Waals surface area contributed by atoms with E-state index >= 15 is 0 Å². The van der Waals surface area contributed by atoms with Crippen molar-refractivity contribution in [3.8, 4) is 0 Å². The highest BCUT2D eigenvalue weighted by atomic mass is 16.3. The van der Waals surface area contributed by atoms with Gasteiger partial charge in [0.15, 0.2) is 0 Å². The lowest BCUT2D eigenvalue weighted by atomic mass is 9.85. The van der Waals surface area contributed by atoms with Crippen molar-refractivity contribution in [1.82, 2.24) is 5.32 Å². The average Bonchev–Trinajstić information content (AvgIpc) is 2.37. The van der Waals surface area contributed by atoms with Crippen molar-refractivity contribution >= 4 is 11.6 Å². The van der Waals surface area contributed by atoms with Gasteiger partial charge in [-0.1, -0.05) is 6.42 Å². The van der Waals surface area contributed by atoms with Gasteiger partial charge in [-0.25, -0.2) is 0 Å². The van der Waals surface area contributed by atoms with E-state index in [-0.39, 0.29) is 18.6 Å². The molecular weight excluding hydrogens is 240 g/mol. The molecule has 1 aromatic carbocycles. The molecule has 19 heavy (non-hydrogen) atoms. The molecule has 1 atom stereocenters. The van der Waals surface area contributed by atoms with Crippen LogP contribution in [0.25, 0.3) is 0 Å². The third-order valence-electron chi connectivity index (χ3n) is 3.62. The molecule has 0 saturated heterocycles. The van der Waals surface area contributed by atoms with Crippen LogP contribution in [0.3, 0.4) is 0 Å². The van der Waals surface area contributed by atoms with Crippen LogP contribution in [0.5, 0.6) is 0 Å². The fourth-order valence-electron chi connectivity index (χ4n) is 2.05. The molecule has 0 aromatic heterocycles. The van der Waals surface area contributed by atoms with Crippen LogP contribution in [0.2, 0.25) is 0 Å². The topological polar surface area (TPSA) is 61.4 Å². The molecule has 1 fully saturated rings. The summed E-state index contributed by atoms with van der Waals surface area (Å²) in [5.41, 5.74) is 1.67. The van der Waals surface area contributed by atoms with Crippen molar-refractivity contribution in [2.24, 2.45) is 5.92 Å². The number of rotatable bonds is 6. The van der Waals surface area contributed by atoms with Gasteiger partial charge in [0, 0.05) is 23.8 Å². The van der Waals surface area contributed by atoms with Crippen molar-refractivity contribution in [2.45, 2.75) is 32.2 Å². The number of amides is 1. The number of aliphatic hydroxyl groups is 1. The molecule has 4 heteroatoms. The van der Waals surface area contributed by atoms with Gasteiger partial charge >= 0.3 is 0 Å². The minimum atomic E-state index is -0.219. The predicted molar refractivity (Wildman–Crippen MR) is 76.3 cm³/mol. The van der Waals surface area contributed by atoms with Gasteiger partial charge in [-0.3, -0.25) is 4.79 Å². The van der Waals surface area contributed by atoms with Crippen molar-refractivity contribution in [1.29, 1.82) is 0 Å². The smallest absolute Gasteiger partial charge is 0.251 e. The monoisotopic (exact) mass is 262 g/mol. The summed E-state index contributed by atoms with van der Waals surface area (Å²) in [5.74, 6) is 0.667. The maximum atomic E-state index is 11.8. The third kappa shape index (κ3) is 3.96. The quantitative estimate of drug-likeness (QED) is 0.735. The van der Waals surface area contributed by atoms with E-state index in [4.69, 9.17) is 5.11 Å². The lowest BCUT2D eigenvalue weighted by Crippen LogP contribution is -2.34. The molecular formula is C15H22N2O2. The number of carbonyl (C=O) groups is 1. The number of hydrogen-bond donors (Lipinski definition) is 3. The summed E-state index contributed by atoms with van der Waals surface area (Å²) in [4.78, 5) is 11.8. The highest BCUT2D eigenvalue weighted by molar-refractivity contribution is 5.94. The van der Waals surface area contributed by atoms with E-state index < -0.39 is 0 Å². The molecule has 4 nitrogen and oxygen atoms in total. The molecule has 0 heterocycles. The maximum Gasteiger partial charge on any atom is 0.251 e. The summed E-state index contributed by atoms with van der Waals surface area (Å²) in [6, 6.07) is 7.25. The first-order chi connectivity index (χ1) is 9.19. The number of nitrogens with one attached hydrogen (secondary N) is 2. The van der Waals surface area contributed by atoms with Crippen molar-refractivity contribution in [3.63, 3.8) is 0 Å². The second-order valence-corrected chi connectivity index (χ2v) is 5.31. The second kappa shape index (κ2) is 6.57. The third-order valence-corrected chi connectivity index (χ3v) is 3.62. The summed E-state index contributed by atoms with van der Waals surface area (Å²) in [7, 11) is 0. The molecule has 1 saturated carbocycles. The minimum absolute atomic E-state index is 0.0488. The zero-order chi connectivity index (χ0) is 13.7. The number of carbonyl (C=O) groups excluding carboxylic acids is 1. The summed E-state index contributed by atoms with van der Waals surface area (Å²) in [6.45, 7) is 2.74. The molecule has 0 unspecified atom stereocenters. The first kappa shape index (κ1) is 13.9. The molecule has 1 aliphatic carbocycles. The number of hydrogen-bond acceptors (Lipinski definition) is 3. The normalized spacial score (nSPS) is 16.5. The van der Waals surface area contributed by atoms with Crippen molar-refractivity contribution in [3.05, 3.63) is 29.8 Å². The fraction of sp³-hybridized carbons (Fsp3) is 0.533. The van der Waals surface area contributed by atoms with E-state index in [9.17, 15) is 4.79 Å². The standard InChI is InChI=1S/C15H22N2O2/c1-11(10-18)17-15(19)13-5-7-14(8-6-13)16-9-12-3-2-4-12/h5-8,11-12,16,18H,2-4,9-10H2,1H3,(H,17,19)/t11-/m1/s1. The zero-order valence-electron chi connectivity index (χ0n) is 11.4. The molecule has 0 radical (unpaired) electrons. The number of aliphatic hydroxyl groups excluding tert-OH is 1. The van der Waals surface area contributed by atoms with Crippen LogP contribution in [-0.2, 0) is 0 Å². The minimum Gasteiger partial charge on any atom is -0.394 e. The predicted octanol–water partition coefficient (Wildman–Crippen LogP) is 2.01. The summed E-state index contributed by atoms with van der Waals surface area (Å²) < 4.78 is 0. The molecule has 0 aliphatic heterocycles. The average molecular weight is 262 g/mol. The van der Waals surface area contributed by atoms with Crippen LogP contribution >= 0.6 is 0 Å². The Hall–Kier alpha value is -1.55. The van der Waals surface area contributed by atoms with Gasteiger partial charge in [0.1, 0.15) is 0 Å². The summed E-state index contributed by atoms with van der Waals surface area (Å²) in [6.07, 6.45) is 4.01. The lowest BCUT2D eigenvalue weighted by Gasteiger charge is -2.25. The Morgan fingerprint density at radius 3 is 2.58 bits per heavy atom. The van der Waals surface area contributed by atoms with Crippen molar-refractivity contribution < 1.29 is 9.90 Å². The van der Waals surface area contributed by atoms with Crippen LogP contribution in [0.4, 0.5) is 5.69 Å². The van der Waals surface area contributed by atoms with Crippen LogP contribution in [0.15, 0.2) is 24.3 Å². The summed E-state index contributed by atoms with van der Waals surface area (Å²) >= 11 is 0. The molecule has 2 rings (SSSR count). The Kier molecular flexibility index (Phi) is 4.80. The van der Waals surface area contributed by atoms with Crippen LogP contribution in [0.1, 0.15) is 36.5 Å². The van der Waals surface area contributed by atoms with Gasteiger partial charge in [0.25, 0.3) is 5.91 Å². The Bertz CT molecular complexity index is 413. The molecule has 1 aliphatic rings. The van der Waals surface area contributed by atoms with Crippen molar-refractivity contribution in [2.75, 3.05) is 18.5 Å². The lowest BCUT2D eigenvalue weighted by molar-refractivity contribution is 0.0922. The highest BCUT2D eigenvalue weighted by Gasteiger charge is 2.16. The van der Waals surface area contributed by atoms with Gasteiger partial charge in [-0.2, -0.15) is 0 Å². The van der Waals surface area contributed by atoms with Gasteiger partial charge < -0.3 is 15.7 Å². The van der Waals surface area contributed by atoms with Crippen LogP contribution < -0.4 is 10.6 Å². The molecule has 1 amide bonds. The maximum absolute atomic E-state index is 11.8. The Morgan fingerprint density at radius 2 is 2.05 bits per heavy atom. The number of anilines is 1. The Balaban J connectivity index is 1.84. The Labute approximate surface area is 114 Å². The Morgan fingerprint density at radius 1 is 1.37 bits per heavy atom. The molecule has 0 bridgehead atoms. The number of benzene rings is 1. The van der Waals surface area contributed by atoms with E-state index in [1.807, 2.05) is 24.3 Å². The second-order valence-electron chi connectivity index (χ2n) is 5.31. The first-order valence-corrected chi connectivity index (χ1v) is 6.94. The molecule has 1 aromatic rings. The van der Waals surface area contributed by atoms with E-state index in [1.54, 1.807) is 6.92 Å². The van der Waals surface area contributed by atoms with Gasteiger partial charge in [-0.15, -0.1) is 0 Å². The SMILES string of the molecule is C[C@H](CO)NC(=O)c1ccc(NCC2CCC2)cc1. The van der Waals surface area contributed by atoms with E-state index in [1.165, 1.54) is 19.3 Å². The largest absolute Gasteiger partial charge is 0.394 e. The van der Waals surface area contributed by atoms with E-state index in [0.717, 1.165) is 18.2 Å². The fourth-order valence-corrected chi connectivity index (χ4v) is 2.05. The van der Waals surface area contributed by atoms with Gasteiger partial charge in [-0.05, 0) is 49.9 Å². The highest BCUT2D eigenvalue weighted by Crippen LogP contribution is 2.26.